The van der Waals surface area contributed by atoms with Crippen LogP contribution < -0.4 is 5.56 Å². The number of aromatic amines is 2. The number of nitrogens with one attached hydrogen (secondary N) is 2. The summed E-state index contributed by atoms with van der Waals surface area (Å²) in [4.78, 5) is 19.7. The normalized spacial score (nSPS) is 11.0. The van der Waals surface area contributed by atoms with Crippen molar-refractivity contribution in [3.05, 3.63) is 64.7 Å². The van der Waals surface area contributed by atoms with Crippen molar-refractivity contribution in [2.75, 3.05) is 0 Å². The third-order valence-corrected chi connectivity index (χ3v) is 3.91. The molecule has 6 heteroatoms. The van der Waals surface area contributed by atoms with Crippen LogP contribution in [0, 0.1) is 6.92 Å². The highest BCUT2D eigenvalue weighted by molar-refractivity contribution is 5.97. The van der Waals surface area contributed by atoms with E-state index in [9.17, 15) is 4.79 Å². The molecule has 0 bridgehead atoms. The van der Waals surface area contributed by atoms with Gasteiger partial charge in [-0.25, -0.2) is 4.98 Å². The fourth-order valence-corrected chi connectivity index (χ4v) is 2.90. The third kappa shape index (κ3) is 2.12. The molecular formula is C17H13N5O. The summed E-state index contributed by atoms with van der Waals surface area (Å²) in [5.41, 5.74) is 4.40. The quantitative estimate of drug-likeness (QED) is 0.596. The van der Waals surface area contributed by atoms with Crippen molar-refractivity contribution in [2.45, 2.75) is 6.92 Å². The molecule has 0 aliphatic heterocycles. The minimum Gasteiger partial charge on any atom is -0.306 e. The van der Waals surface area contributed by atoms with E-state index in [4.69, 9.17) is 0 Å². The first-order chi connectivity index (χ1) is 11.3. The van der Waals surface area contributed by atoms with Crippen LogP contribution in [0.1, 0.15) is 5.56 Å². The van der Waals surface area contributed by atoms with Crippen molar-refractivity contribution in [3.63, 3.8) is 0 Å². The van der Waals surface area contributed by atoms with E-state index in [0.717, 1.165) is 22.1 Å². The highest BCUT2D eigenvalue weighted by Gasteiger charge is 2.16. The fourth-order valence-electron chi connectivity index (χ4n) is 2.90. The number of pyridine rings is 2. The Bertz CT molecular complexity index is 1040. The monoisotopic (exact) mass is 303 g/mol. The van der Waals surface area contributed by atoms with Gasteiger partial charge in [-0.2, -0.15) is 15.4 Å². The molecule has 0 amide bonds. The Hall–Kier alpha value is -3.28. The lowest BCUT2D eigenvalue weighted by Gasteiger charge is -2.11. The molecule has 0 saturated carbocycles. The molecule has 1 aromatic carbocycles. The van der Waals surface area contributed by atoms with Gasteiger partial charge >= 0.3 is 0 Å². The van der Waals surface area contributed by atoms with Crippen LogP contribution in [0.2, 0.25) is 0 Å². The Kier molecular flexibility index (Phi) is 3.01. The number of nitrogens with zero attached hydrogens (tertiary/aromatic N) is 3. The van der Waals surface area contributed by atoms with Crippen LogP contribution in [-0.4, -0.2) is 25.4 Å². The summed E-state index contributed by atoms with van der Waals surface area (Å²) in [6, 6.07) is 11.5. The van der Waals surface area contributed by atoms with Crippen LogP contribution in [0.25, 0.3) is 33.4 Å². The summed E-state index contributed by atoms with van der Waals surface area (Å²) in [6.07, 6.45) is 3.31. The summed E-state index contributed by atoms with van der Waals surface area (Å²) in [7, 11) is 0. The summed E-state index contributed by atoms with van der Waals surface area (Å²) in [6.45, 7) is 1.94. The van der Waals surface area contributed by atoms with Crippen LogP contribution in [0.15, 0.2) is 53.6 Å². The number of aryl methyl sites for hydroxylation is 1. The zero-order chi connectivity index (χ0) is 15.8. The van der Waals surface area contributed by atoms with Gasteiger partial charge in [0.05, 0.1) is 11.8 Å². The molecule has 2 N–H and O–H groups in total. The summed E-state index contributed by atoms with van der Waals surface area (Å²) >= 11 is 0. The number of rotatable bonds is 2. The Morgan fingerprint density at radius 3 is 2.65 bits per heavy atom. The van der Waals surface area contributed by atoms with Crippen LogP contribution in [0.4, 0.5) is 0 Å². The van der Waals surface area contributed by atoms with Gasteiger partial charge in [-0.15, -0.1) is 0 Å². The van der Waals surface area contributed by atoms with Gasteiger partial charge in [-0.05, 0) is 24.1 Å². The second-order valence-corrected chi connectivity index (χ2v) is 5.26. The van der Waals surface area contributed by atoms with E-state index in [1.165, 1.54) is 0 Å². The molecule has 0 aliphatic carbocycles. The van der Waals surface area contributed by atoms with E-state index in [1.54, 1.807) is 12.4 Å². The molecule has 4 rings (SSSR count). The third-order valence-electron chi connectivity index (χ3n) is 3.91. The zero-order valence-corrected chi connectivity index (χ0v) is 12.4. The average Bonchev–Trinajstić information content (AvgIpc) is 3.09. The predicted molar refractivity (Wildman–Crippen MR) is 87.9 cm³/mol. The van der Waals surface area contributed by atoms with Gasteiger partial charge in [-0.1, -0.05) is 30.3 Å². The fraction of sp³-hybridized carbons (Fsp3) is 0.0588. The number of aromatic nitrogens is 5. The first-order valence-electron chi connectivity index (χ1n) is 7.19. The van der Waals surface area contributed by atoms with E-state index in [-0.39, 0.29) is 5.56 Å². The second kappa shape index (κ2) is 5.17. The first kappa shape index (κ1) is 13.4. The number of hydrogen-bond donors (Lipinski definition) is 2. The van der Waals surface area contributed by atoms with Crippen LogP contribution in [-0.2, 0) is 0 Å². The number of H-pyrrole nitrogens is 2. The van der Waals surface area contributed by atoms with Crippen molar-refractivity contribution in [2.24, 2.45) is 0 Å². The Morgan fingerprint density at radius 1 is 1.09 bits per heavy atom. The minimum absolute atomic E-state index is 0.147. The van der Waals surface area contributed by atoms with Crippen LogP contribution in [0.3, 0.4) is 0 Å². The molecular weight excluding hydrogens is 290 g/mol. The Labute approximate surface area is 131 Å². The van der Waals surface area contributed by atoms with Crippen molar-refractivity contribution in [1.29, 1.82) is 0 Å². The highest BCUT2D eigenvalue weighted by Crippen LogP contribution is 2.31. The van der Waals surface area contributed by atoms with Crippen LogP contribution in [0.5, 0.6) is 0 Å². The van der Waals surface area contributed by atoms with Gasteiger partial charge in [0.15, 0.2) is 0 Å². The lowest BCUT2D eigenvalue weighted by molar-refractivity contribution is 0.942. The van der Waals surface area contributed by atoms with Gasteiger partial charge in [-0.3, -0.25) is 4.79 Å². The maximum atomic E-state index is 12.5. The summed E-state index contributed by atoms with van der Waals surface area (Å²) in [5, 5.41) is 11.5. The molecule has 0 unspecified atom stereocenters. The van der Waals surface area contributed by atoms with Crippen molar-refractivity contribution >= 4 is 11.0 Å². The predicted octanol–water partition coefficient (Wildman–Crippen LogP) is 2.68. The van der Waals surface area contributed by atoms with Gasteiger partial charge in [0, 0.05) is 17.1 Å². The maximum Gasteiger partial charge on any atom is 0.257 e. The van der Waals surface area contributed by atoms with E-state index < -0.39 is 0 Å². The molecule has 0 radical (unpaired) electrons. The number of hydrogen-bond acceptors (Lipinski definition) is 4. The van der Waals surface area contributed by atoms with E-state index >= 15 is 0 Å². The number of fused-ring (bicyclic) bond motifs is 1. The molecule has 0 fully saturated rings. The van der Waals surface area contributed by atoms with E-state index in [1.807, 2.05) is 43.3 Å². The number of benzene rings is 1. The second-order valence-electron chi connectivity index (χ2n) is 5.26. The van der Waals surface area contributed by atoms with Crippen LogP contribution >= 0.6 is 0 Å². The topological polar surface area (TPSA) is 87.3 Å². The SMILES string of the molecule is Cc1c(-c2ccccc2)c(=O)[nH]c2nccc(-c3cn[nH]n3)c12. The largest absolute Gasteiger partial charge is 0.306 e. The summed E-state index contributed by atoms with van der Waals surface area (Å²) in [5.74, 6) is 0. The van der Waals surface area contributed by atoms with E-state index in [2.05, 4.69) is 25.4 Å². The molecule has 3 aromatic heterocycles. The smallest absolute Gasteiger partial charge is 0.257 e. The zero-order valence-electron chi connectivity index (χ0n) is 12.4. The molecule has 0 spiro atoms. The van der Waals surface area contributed by atoms with Gasteiger partial charge in [0.1, 0.15) is 11.3 Å². The first-order valence-corrected chi connectivity index (χ1v) is 7.19. The van der Waals surface area contributed by atoms with Gasteiger partial charge in [0.25, 0.3) is 5.56 Å². The average molecular weight is 303 g/mol. The maximum absolute atomic E-state index is 12.5. The van der Waals surface area contributed by atoms with Crippen molar-refractivity contribution < 1.29 is 0 Å². The Morgan fingerprint density at radius 2 is 1.91 bits per heavy atom. The molecule has 0 aliphatic rings. The Balaban J connectivity index is 2.11. The lowest BCUT2D eigenvalue weighted by Crippen LogP contribution is -2.12. The minimum atomic E-state index is -0.147. The summed E-state index contributed by atoms with van der Waals surface area (Å²) < 4.78 is 0. The molecule has 0 atom stereocenters. The lowest BCUT2D eigenvalue weighted by atomic mass is 9.97. The molecule has 3 heterocycles. The molecule has 0 saturated heterocycles. The highest BCUT2D eigenvalue weighted by atomic mass is 16.1. The van der Waals surface area contributed by atoms with E-state index in [0.29, 0.717) is 16.9 Å². The van der Waals surface area contributed by atoms with Crippen molar-refractivity contribution in [1.82, 2.24) is 25.4 Å². The van der Waals surface area contributed by atoms with Gasteiger partial charge in [0.2, 0.25) is 0 Å². The molecule has 23 heavy (non-hydrogen) atoms. The van der Waals surface area contributed by atoms with Crippen molar-refractivity contribution in [3.8, 4) is 22.4 Å². The standard InChI is InChI=1S/C17H13N5O/c1-10-14(11-5-3-2-4-6-11)17(23)20-16-15(10)12(7-8-18-16)13-9-19-22-21-13/h2-9H,1H3,(H,18,20,23)(H,19,21,22). The van der Waals surface area contributed by atoms with Gasteiger partial charge < -0.3 is 4.98 Å². The molecule has 4 aromatic rings. The molecule has 6 nitrogen and oxygen atoms in total. The molecule has 112 valence electrons.